The fraction of sp³-hybridized carbons (Fsp3) is 1.00. The van der Waals surface area contributed by atoms with Gasteiger partial charge in [-0.25, -0.2) is 0 Å². The number of alkyl halides is 1. The molecule has 0 radical (unpaired) electrons. The molecule has 2 heteroatoms. The van der Waals surface area contributed by atoms with Gasteiger partial charge < -0.3 is 0 Å². The minimum atomic E-state index is -0.536. The zero-order valence-electron chi connectivity index (χ0n) is 4.33. The summed E-state index contributed by atoms with van der Waals surface area (Å²) in [6.45, 7) is 6.13. The third kappa shape index (κ3) is 4.69. The summed E-state index contributed by atoms with van der Waals surface area (Å²) in [6, 6.07) is 0. The summed E-state index contributed by atoms with van der Waals surface area (Å²) in [5.41, 5.74) is 0. The van der Waals surface area contributed by atoms with Gasteiger partial charge in [0.25, 0.3) is 0 Å². The van der Waals surface area contributed by atoms with E-state index in [1.54, 1.807) is 0 Å². The quantitative estimate of drug-likeness (QED) is 0.347. The van der Waals surface area contributed by atoms with Gasteiger partial charge in [-0.05, 0) is 0 Å². The molecule has 0 aliphatic carbocycles. The van der Waals surface area contributed by atoms with E-state index in [0.717, 1.165) is 0 Å². The van der Waals surface area contributed by atoms with Crippen LogP contribution in [0.2, 0.25) is 0 Å². The Labute approximate surface area is 49.6 Å². The van der Waals surface area contributed by atoms with E-state index in [-0.39, 0.29) is 3.42 Å². The first kappa shape index (κ1) is 6.69. The maximum atomic E-state index is 8.51. The molecular weight excluding hydrogens is 191 g/mol. The van der Waals surface area contributed by atoms with E-state index in [9.17, 15) is 0 Å². The Hall–Kier alpha value is 0.690. The molecular formula is C4H10IO-. The van der Waals surface area contributed by atoms with Crippen LogP contribution in [0, 0.1) is 0 Å². The molecule has 0 aliphatic rings. The summed E-state index contributed by atoms with van der Waals surface area (Å²) >= 11 is -0.536. The van der Waals surface area contributed by atoms with Crippen molar-refractivity contribution >= 4 is 0 Å². The number of rotatable bonds is 0. The van der Waals surface area contributed by atoms with Crippen molar-refractivity contribution in [3.05, 3.63) is 0 Å². The van der Waals surface area contributed by atoms with Crippen molar-refractivity contribution in [2.24, 2.45) is 0 Å². The van der Waals surface area contributed by atoms with E-state index in [0.29, 0.717) is 0 Å². The minimum absolute atomic E-state index is 0.207. The van der Waals surface area contributed by atoms with Crippen LogP contribution in [-0.4, -0.2) is 6.86 Å². The van der Waals surface area contributed by atoms with Gasteiger partial charge in [0.15, 0.2) is 0 Å². The standard InChI is InChI=1S/C4H10IO/c1-4(2,3)5-6/h6H,1-3H3/q-1. The van der Waals surface area contributed by atoms with Crippen molar-refractivity contribution in [3.63, 3.8) is 0 Å². The number of hydrogen-bond acceptors (Lipinski definition) is 1. The first-order valence-corrected chi connectivity index (χ1v) is 3.90. The monoisotopic (exact) mass is 201 g/mol. The first-order chi connectivity index (χ1) is 2.56. The second-order valence-corrected chi connectivity index (χ2v) is 5.87. The van der Waals surface area contributed by atoms with Crippen LogP contribution in [0.5, 0.6) is 0 Å². The second-order valence-electron chi connectivity index (χ2n) is 2.15. The number of halogens is 1. The van der Waals surface area contributed by atoms with Crippen LogP contribution in [0.1, 0.15) is 20.8 Å². The van der Waals surface area contributed by atoms with Crippen LogP contribution < -0.4 is 21.6 Å². The van der Waals surface area contributed by atoms with Crippen LogP contribution in [0.3, 0.4) is 0 Å². The van der Waals surface area contributed by atoms with E-state index >= 15 is 0 Å². The summed E-state index contributed by atoms with van der Waals surface area (Å²) in [5.74, 6) is 0. The molecule has 0 aromatic carbocycles. The molecule has 0 bridgehead atoms. The van der Waals surface area contributed by atoms with Crippen LogP contribution in [0.25, 0.3) is 0 Å². The van der Waals surface area contributed by atoms with Gasteiger partial charge in [0.2, 0.25) is 0 Å². The Morgan fingerprint density at radius 1 is 1.33 bits per heavy atom. The zero-order valence-corrected chi connectivity index (χ0v) is 6.48. The zero-order chi connectivity index (χ0) is 5.21. The van der Waals surface area contributed by atoms with Gasteiger partial charge in [0.1, 0.15) is 0 Å². The maximum absolute atomic E-state index is 8.51. The molecule has 0 amide bonds. The Morgan fingerprint density at radius 2 is 1.50 bits per heavy atom. The number of hydrogen-bond donors (Lipinski definition) is 1. The fourth-order valence-corrected chi connectivity index (χ4v) is 0. The van der Waals surface area contributed by atoms with Gasteiger partial charge in [-0.2, -0.15) is 0 Å². The van der Waals surface area contributed by atoms with E-state index in [4.69, 9.17) is 3.44 Å². The summed E-state index contributed by atoms with van der Waals surface area (Å²) in [4.78, 5) is 0. The molecule has 0 saturated heterocycles. The third-order valence-electron chi connectivity index (χ3n) is 0.254. The molecule has 0 rings (SSSR count). The molecule has 0 spiro atoms. The molecule has 0 aromatic rings. The Kier molecular flexibility index (Phi) is 2.36. The van der Waals surface area contributed by atoms with Crippen molar-refractivity contribution in [2.75, 3.05) is 0 Å². The van der Waals surface area contributed by atoms with Crippen LogP contribution in [-0.2, 0) is 0 Å². The molecule has 0 atom stereocenters. The molecule has 40 valence electrons. The van der Waals surface area contributed by atoms with Crippen molar-refractivity contribution in [1.82, 2.24) is 0 Å². The van der Waals surface area contributed by atoms with E-state index in [1.165, 1.54) is 0 Å². The van der Waals surface area contributed by atoms with E-state index in [1.807, 2.05) is 20.8 Å². The Balaban J connectivity index is 3.17. The van der Waals surface area contributed by atoms with Gasteiger partial charge >= 0.3 is 49.2 Å². The average Bonchev–Trinajstić information content (AvgIpc) is 1.35. The van der Waals surface area contributed by atoms with Gasteiger partial charge in [0, 0.05) is 0 Å². The molecule has 1 nitrogen and oxygen atoms in total. The molecule has 0 unspecified atom stereocenters. The second kappa shape index (κ2) is 2.12. The first-order valence-electron chi connectivity index (χ1n) is 1.86. The fourth-order valence-electron chi connectivity index (χ4n) is 0. The molecule has 0 aromatic heterocycles. The van der Waals surface area contributed by atoms with Crippen LogP contribution in [0.4, 0.5) is 0 Å². The van der Waals surface area contributed by atoms with Gasteiger partial charge in [-0.1, -0.05) is 0 Å². The average molecular weight is 201 g/mol. The summed E-state index contributed by atoms with van der Waals surface area (Å²) in [6.07, 6.45) is 0. The molecule has 6 heavy (non-hydrogen) atoms. The molecule has 0 aliphatic heterocycles. The van der Waals surface area contributed by atoms with Crippen molar-refractivity contribution in [3.8, 4) is 0 Å². The van der Waals surface area contributed by atoms with Gasteiger partial charge in [-0.15, -0.1) is 0 Å². The van der Waals surface area contributed by atoms with Crippen molar-refractivity contribution < 1.29 is 25.1 Å². The topological polar surface area (TPSA) is 20.2 Å². The van der Waals surface area contributed by atoms with Crippen molar-refractivity contribution in [2.45, 2.75) is 24.2 Å². The normalized spacial score (nSPS) is 12.7. The van der Waals surface area contributed by atoms with E-state index < -0.39 is 21.6 Å². The summed E-state index contributed by atoms with van der Waals surface area (Å²) in [5, 5.41) is 0. The predicted molar refractivity (Wildman–Crippen MR) is 22.0 cm³/mol. The summed E-state index contributed by atoms with van der Waals surface area (Å²) < 4.78 is 8.72. The van der Waals surface area contributed by atoms with Crippen LogP contribution in [0.15, 0.2) is 0 Å². The third-order valence-corrected chi connectivity index (χ3v) is 1.70. The summed E-state index contributed by atoms with van der Waals surface area (Å²) in [7, 11) is 0. The van der Waals surface area contributed by atoms with Crippen LogP contribution >= 0.6 is 0 Å². The molecule has 0 heterocycles. The SMILES string of the molecule is CC(C)(C)[I-]O. The van der Waals surface area contributed by atoms with Gasteiger partial charge in [0.05, 0.1) is 0 Å². The molecule has 0 saturated carbocycles. The molecule has 1 N–H and O–H groups in total. The molecule has 0 fully saturated rings. The van der Waals surface area contributed by atoms with E-state index in [2.05, 4.69) is 0 Å². The Bertz CT molecular complexity index is 37.3. The predicted octanol–water partition coefficient (Wildman–Crippen LogP) is -2.22. The van der Waals surface area contributed by atoms with Gasteiger partial charge in [-0.3, -0.25) is 0 Å². The van der Waals surface area contributed by atoms with Crippen molar-refractivity contribution in [1.29, 1.82) is 0 Å². The Morgan fingerprint density at radius 3 is 1.50 bits per heavy atom.